The lowest BCUT2D eigenvalue weighted by Gasteiger charge is -2.09. The summed E-state index contributed by atoms with van der Waals surface area (Å²) in [5.41, 5.74) is 5.54. The van der Waals surface area contributed by atoms with E-state index in [0.29, 0.717) is 0 Å². The van der Waals surface area contributed by atoms with Gasteiger partial charge < -0.3 is 5.73 Å². The third kappa shape index (κ3) is 3.00. The molecule has 2 aromatic carbocycles. The Morgan fingerprint density at radius 3 is 2.47 bits per heavy atom. The molecule has 0 aliphatic carbocycles. The number of hydrogen-bond acceptors (Lipinski definition) is 3. The summed E-state index contributed by atoms with van der Waals surface area (Å²) in [5.74, 6) is -1.54. The van der Waals surface area contributed by atoms with Gasteiger partial charge in [0, 0.05) is 5.69 Å². The molecule has 0 saturated heterocycles. The van der Waals surface area contributed by atoms with E-state index in [1.165, 1.54) is 24.3 Å². The summed E-state index contributed by atoms with van der Waals surface area (Å²) in [7, 11) is -4.15. The van der Waals surface area contributed by atoms with Gasteiger partial charge in [-0.15, -0.1) is 0 Å². The summed E-state index contributed by atoms with van der Waals surface area (Å²) >= 11 is 0. The molecule has 2 aromatic rings. The van der Waals surface area contributed by atoms with Crippen molar-refractivity contribution >= 4 is 21.4 Å². The SMILES string of the molecule is Nc1ccc(F)c(S(=O)(=O)Nc2cccc(F)c2)c1. The van der Waals surface area contributed by atoms with Crippen molar-refractivity contribution in [3.05, 3.63) is 54.1 Å². The highest BCUT2D eigenvalue weighted by molar-refractivity contribution is 7.92. The zero-order chi connectivity index (χ0) is 14.0. The smallest absolute Gasteiger partial charge is 0.264 e. The molecule has 7 heteroatoms. The van der Waals surface area contributed by atoms with Crippen LogP contribution in [-0.2, 0) is 10.0 Å². The fraction of sp³-hybridized carbons (Fsp3) is 0. The molecule has 3 N–H and O–H groups in total. The number of sulfonamides is 1. The average Bonchev–Trinajstić information content (AvgIpc) is 2.31. The fourth-order valence-corrected chi connectivity index (χ4v) is 2.65. The predicted octanol–water partition coefficient (Wildman–Crippen LogP) is 2.35. The molecule has 100 valence electrons. The van der Waals surface area contributed by atoms with Crippen LogP contribution in [0.2, 0.25) is 0 Å². The van der Waals surface area contributed by atoms with Gasteiger partial charge >= 0.3 is 0 Å². The van der Waals surface area contributed by atoms with Gasteiger partial charge in [0.1, 0.15) is 16.5 Å². The predicted molar refractivity (Wildman–Crippen MR) is 68.0 cm³/mol. The molecule has 0 bridgehead atoms. The van der Waals surface area contributed by atoms with Crippen LogP contribution in [0.5, 0.6) is 0 Å². The van der Waals surface area contributed by atoms with Crippen molar-refractivity contribution in [3.8, 4) is 0 Å². The van der Waals surface area contributed by atoms with Gasteiger partial charge in [0.2, 0.25) is 0 Å². The maximum atomic E-state index is 13.5. The van der Waals surface area contributed by atoms with Gasteiger partial charge in [-0.3, -0.25) is 4.72 Å². The quantitative estimate of drug-likeness (QED) is 0.850. The van der Waals surface area contributed by atoms with Gasteiger partial charge in [0.15, 0.2) is 0 Å². The van der Waals surface area contributed by atoms with Crippen molar-refractivity contribution in [2.75, 3.05) is 10.5 Å². The standard InChI is InChI=1S/C12H10F2N2O2S/c13-8-2-1-3-10(6-8)16-19(17,18)12-7-9(15)4-5-11(12)14/h1-7,16H,15H2. The highest BCUT2D eigenvalue weighted by Gasteiger charge is 2.19. The molecular weight excluding hydrogens is 274 g/mol. The first kappa shape index (κ1) is 13.3. The Bertz CT molecular complexity index is 717. The number of halogens is 2. The maximum absolute atomic E-state index is 13.5. The number of hydrogen-bond donors (Lipinski definition) is 2. The number of anilines is 2. The molecule has 0 fully saturated rings. The van der Waals surface area contributed by atoms with E-state index in [1.54, 1.807) is 0 Å². The Balaban J connectivity index is 2.40. The van der Waals surface area contributed by atoms with Gasteiger partial charge in [-0.05, 0) is 36.4 Å². The van der Waals surface area contributed by atoms with Gasteiger partial charge in [-0.25, -0.2) is 17.2 Å². The molecule has 0 unspecified atom stereocenters. The third-order valence-corrected chi connectivity index (χ3v) is 3.72. The molecule has 4 nitrogen and oxygen atoms in total. The number of benzene rings is 2. The molecule has 0 amide bonds. The first-order chi connectivity index (χ1) is 8.88. The summed E-state index contributed by atoms with van der Waals surface area (Å²) in [4.78, 5) is -0.586. The van der Waals surface area contributed by atoms with E-state index in [9.17, 15) is 17.2 Å². The Morgan fingerprint density at radius 1 is 1.05 bits per heavy atom. The molecule has 0 atom stereocenters. The summed E-state index contributed by atoms with van der Waals surface area (Å²) in [5, 5.41) is 0. The lowest BCUT2D eigenvalue weighted by Crippen LogP contribution is -2.15. The molecule has 0 aliphatic rings. The summed E-state index contributed by atoms with van der Waals surface area (Å²) in [6.07, 6.45) is 0. The molecule has 0 aliphatic heterocycles. The van der Waals surface area contributed by atoms with Crippen LogP contribution in [-0.4, -0.2) is 8.42 Å². The van der Waals surface area contributed by atoms with Crippen LogP contribution in [0.1, 0.15) is 0 Å². The van der Waals surface area contributed by atoms with Crippen molar-refractivity contribution < 1.29 is 17.2 Å². The van der Waals surface area contributed by atoms with E-state index in [2.05, 4.69) is 4.72 Å². The maximum Gasteiger partial charge on any atom is 0.264 e. The van der Waals surface area contributed by atoms with Crippen LogP contribution in [0.15, 0.2) is 47.4 Å². The molecule has 0 radical (unpaired) electrons. The zero-order valence-corrected chi connectivity index (χ0v) is 10.4. The third-order valence-electron chi connectivity index (χ3n) is 2.32. The molecular formula is C12H10F2N2O2S. The molecule has 0 heterocycles. The highest BCUT2D eigenvalue weighted by atomic mass is 32.2. The normalized spacial score (nSPS) is 11.3. The van der Waals surface area contributed by atoms with E-state index in [0.717, 1.165) is 18.2 Å². The van der Waals surface area contributed by atoms with Crippen LogP contribution in [0.4, 0.5) is 20.2 Å². The molecule has 0 aromatic heterocycles. The summed E-state index contributed by atoms with van der Waals surface area (Å²) in [6.45, 7) is 0. The Kier molecular flexibility index (Phi) is 3.39. The van der Waals surface area contributed by atoms with Crippen LogP contribution in [0, 0.1) is 11.6 Å². The molecule has 0 spiro atoms. The monoisotopic (exact) mass is 284 g/mol. The average molecular weight is 284 g/mol. The van der Waals surface area contributed by atoms with Crippen molar-refractivity contribution in [1.29, 1.82) is 0 Å². The largest absolute Gasteiger partial charge is 0.399 e. The van der Waals surface area contributed by atoms with E-state index in [4.69, 9.17) is 5.73 Å². The second-order valence-corrected chi connectivity index (χ2v) is 5.46. The van der Waals surface area contributed by atoms with E-state index in [-0.39, 0.29) is 11.4 Å². The summed E-state index contributed by atoms with van der Waals surface area (Å²) < 4.78 is 52.5. The minimum atomic E-state index is -4.15. The van der Waals surface area contributed by atoms with Crippen LogP contribution >= 0.6 is 0 Å². The van der Waals surface area contributed by atoms with Gasteiger partial charge in [-0.1, -0.05) is 6.07 Å². The second-order valence-electron chi connectivity index (χ2n) is 3.81. The van der Waals surface area contributed by atoms with Gasteiger partial charge in [0.05, 0.1) is 5.69 Å². The number of nitrogens with two attached hydrogens (primary N) is 1. The van der Waals surface area contributed by atoms with Gasteiger partial charge in [-0.2, -0.15) is 0 Å². The second kappa shape index (κ2) is 4.85. The Morgan fingerprint density at radius 2 is 1.79 bits per heavy atom. The van der Waals surface area contributed by atoms with Crippen LogP contribution in [0.3, 0.4) is 0 Å². The van der Waals surface area contributed by atoms with Crippen molar-refractivity contribution in [3.63, 3.8) is 0 Å². The molecule has 19 heavy (non-hydrogen) atoms. The summed E-state index contributed by atoms with van der Waals surface area (Å²) in [6, 6.07) is 8.04. The Labute approximate surface area is 108 Å². The van der Waals surface area contributed by atoms with Crippen LogP contribution in [0.25, 0.3) is 0 Å². The topological polar surface area (TPSA) is 72.2 Å². The minimum Gasteiger partial charge on any atom is -0.399 e. The fourth-order valence-electron chi connectivity index (χ4n) is 1.49. The van der Waals surface area contributed by atoms with E-state index >= 15 is 0 Å². The first-order valence-electron chi connectivity index (χ1n) is 5.22. The van der Waals surface area contributed by atoms with Gasteiger partial charge in [0.25, 0.3) is 10.0 Å². The van der Waals surface area contributed by atoms with E-state index in [1.807, 2.05) is 0 Å². The number of nitrogen functional groups attached to an aromatic ring is 1. The minimum absolute atomic E-state index is 0.00169. The molecule has 2 rings (SSSR count). The highest BCUT2D eigenvalue weighted by Crippen LogP contribution is 2.21. The Hall–Kier alpha value is -2.15. The van der Waals surface area contributed by atoms with E-state index < -0.39 is 26.6 Å². The first-order valence-corrected chi connectivity index (χ1v) is 6.70. The lowest BCUT2D eigenvalue weighted by molar-refractivity contribution is 0.570. The van der Waals surface area contributed by atoms with Crippen molar-refractivity contribution in [2.45, 2.75) is 4.90 Å². The molecule has 0 saturated carbocycles. The van der Waals surface area contributed by atoms with Crippen molar-refractivity contribution in [2.24, 2.45) is 0 Å². The lowest BCUT2D eigenvalue weighted by atomic mass is 10.3. The van der Waals surface area contributed by atoms with Crippen molar-refractivity contribution in [1.82, 2.24) is 0 Å². The zero-order valence-electron chi connectivity index (χ0n) is 9.60. The number of rotatable bonds is 3. The van der Waals surface area contributed by atoms with Crippen LogP contribution < -0.4 is 10.5 Å². The number of nitrogens with one attached hydrogen (secondary N) is 1.